The van der Waals surface area contributed by atoms with Crippen molar-refractivity contribution in [2.75, 3.05) is 24.5 Å². The summed E-state index contributed by atoms with van der Waals surface area (Å²) in [6, 6.07) is 15.0. The topological polar surface area (TPSA) is 72.9 Å². The van der Waals surface area contributed by atoms with Crippen molar-refractivity contribution < 1.29 is 14.7 Å². The average Bonchev–Trinajstić information content (AvgIpc) is 2.78. The van der Waals surface area contributed by atoms with Crippen LogP contribution in [-0.4, -0.2) is 47.7 Å². The van der Waals surface area contributed by atoms with Gasteiger partial charge in [0.05, 0.1) is 0 Å². The summed E-state index contributed by atoms with van der Waals surface area (Å²) in [4.78, 5) is 27.8. The van der Waals surface area contributed by atoms with Crippen molar-refractivity contribution >= 4 is 17.7 Å². The first-order valence-corrected chi connectivity index (χ1v) is 11.6. The molecule has 0 aromatic heterocycles. The average molecular weight is 436 g/mol. The molecule has 2 aromatic rings. The van der Waals surface area contributed by atoms with E-state index in [9.17, 15) is 9.59 Å². The van der Waals surface area contributed by atoms with Gasteiger partial charge in [-0.1, -0.05) is 36.8 Å². The van der Waals surface area contributed by atoms with Crippen LogP contribution < -0.4 is 10.2 Å². The van der Waals surface area contributed by atoms with Crippen LogP contribution in [0, 0.1) is 0 Å². The molecule has 2 aliphatic heterocycles. The highest BCUT2D eigenvalue weighted by molar-refractivity contribution is 5.94. The van der Waals surface area contributed by atoms with E-state index in [2.05, 4.69) is 46.6 Å². The van der Waals surface area contributed by atoms with Crippen LogP contribution in [0.2, 0.25) is 0 Å². The summed E-state index contributed by atoms with van der Waals surface area (Å²) in [5.41, 5.74) is 5.47. The van der Waals surface area contributed by atoms with Crippen LogP contribution in [0.25, 0.3) is 11.1 Å². The molecule has 2 unspecified atom stereocenters. The lowest BCUT2D eigenvalue weighted by molar-refractivity contribution is -0.117. The van der Waals surface area contributed by atoms with Gasteiger partial charge in [-0.05, 0) is 73.7 Å². The van der Waals surface area contributed by atoms with E-state index in [0.29, 0.717) is 6.54 Å². The smallest absolute Gasteiger partial charge is 0.404 e. The lowest BCUT2D eigenvalue weighted by Gasteiger charge is -2.39. The molecule has 2 aliphatic rings. The molecule has 6 heteroatoms. The van der Waals surface area contributed by atoms with Gasteiger partial charge in [-0.2, -0.15) is 0 Å². The van der Waals surface area contributed by atoms with Crippen LogP contribution in [0.15, 0.2) is 42.5 Å². The van der Waals surface area contributed by atoms with Crippen LogP contribution in [0.4, 0.5) is 10.5 Å². The fourth-order valence-corrected chi connectivity index (χ4v) is 5.22. The molecular formula is C26H33N3O3. The van der Waals surface area contributed by atoms with Crippen molar-refractivity contribution in [2.45, 2.75) is 58.0 Å². The van der Waals surface area contributed by atoms with Crippen molar-refractivity contribution in [3.8, 4) is 11.1 Å². The lowest BCUT2D eigenvalue weighted by Crippen LogP contribution is -2.44. The lowest BCUT2D eigenvalue weighted by atomic mass is 9.84. The quantitative estimate of drug-likeness (QED) is 0.705. The number of fused-ring (bicyclic) bond motifs is 1. The van der Waals surface area contributed by atoms with E-state index in [0.717, 1.165) is 35.3 Å². The summed E-state index contributed by atoms with van der Waals surface area (Å²) in [5, 5.41) is 11.6. The molecular weight excluding hydrogens is 402 g/mol. The van der Waals surface area contributed by atoms with Gasteiger partial charge in [-0.3, -0.25) is 9.69 Å². The molecule has 0 bridgehead atoms. The van der Waals surface area contributed by atoms with E-state index in [1.165, 1.54) is 37.9 Å². The Morgan fingerprint density at radius 3 is 2.38 bits per heavy atom. The summed E-state index contributed by atoms with van der Waals surface area (Å²) >= 11 is 0. The molecule has 1 saturated heterocycles. The molecule has 0 aliphatic carbocycles. The van der Waals surface area contributed by atoms with E-state index in [1.807, 2.05) is 17.9 Å². The zero-order valence-electron chi connectivity index (χ0n) is 19.0. The largest absolute Gasteiger partial charge is 0.465 e. The van der Waals surface area contributed by atoms with E-state index in [4.69, 9.17) is 5.11 Å². The number of hydrogen-bond donors (Lipinski definition) is 2. The number of amides is 2. The number of carbonyl (C=O) groups excluding carboxylic acids is 1. The van der Waals surface area contributed by atoms with Crippen molar-refractivity contribution in [2.24, 2.45) is 0 Å². The Morgan fingerprint density at radius 1 is 1.03 bits per heavy atom. The summed E-state index contributed by atoms with van der Waals surface area (Å²) in [6.07, 6.45) is 3.64. The van der Waals surface area contributed by atoms with Crippen molar-refractivity contribution in [1.29, 1.82) is 0 Å². The van der Waals surface area contributed by atoms with Crippen LogP contribution in [0.1, 0.15) is 56.6 Å². The highest BCUT2D eigenvalue weighted by Gasteiger charge is 2.32. The Balaban J connectivity index is 1.59. The fourth-order valence-electron chi connectivity index (χ4n) is 5.22. The molecule has 2 N–H and O–H groups in total. The summed E-state index contributed by atoms with van der Waals surface area (Å²) in [5.74, 6) is 0.0447. The number of rotatable bonds is 5. The number of nitrogens with one attached hydrogen (secondary N) is 1. The van der Waals surface area contributed by atoms with Crippen LogP contribution >= 0.6 is 0 Å². The predicted octanol–water partition coefficient (Wildman–Crippen LogP) is 4.84. The highest BCUT2D eigenvalue weighted by Crippen LogP contribution is 2.40. The van der Waals surface area contributed by atoms with Gasteiger partial charge in [0.25, 0.3) is 0 Å². The van der Waals surface area contributed by atoms with Gasteiger partial charge in [0.15, 0.2) is 0 Å². The van der Waals surface area contributed by atoms with E-state index >= 15 is 0 Å². The van der Waals surface area contributed by atoms with Gasteiger partial charge in [0.2, 0.25) is 5.91 Å². The van der Waals surface area contributed by atoms with Crippen LogP contribution in [-0.2, 0) is 11.3 Å². The third-order valence-corrected chi connectivity index (χ3v) is 6.77. The molecule has 2 atom stereocenters. The first kappa shape index (κ1) is 22.3. The molecule has 6 nitrogen and oxygen atoms in total. The van der Waals surface area contributed by atoms with Crippen molar-refractivity contribution in [1.82, 2.24) is 10.2 Å². The SMILES string of the molecule is CC(=O)N1c2ccc(-c3ccc(CN4CCCCC4)cc3)cc2C(CNC(=O)O)CC1C. The van der Waals surface area contributed by atoms with Crippen LogP contribution in [0.3, 0.4) is 0 Å². The van der Waals surface area contributed by atoms with Gasteiger partial charge < -0.3 is 15.3 Å². The summed E-state index contributed by atoms with van der Waals surface area (Å²) in [6.45, 7) is 7.32. The standard InChI is InChI=1S/C26H33N3O3/c1-18-14-23(16-27-26(31)32)24-15-22(10-11-25(24)29(18)19(2)30)21-8-6-20(7-9-21)17-28-12-4-3-5-13-28/h6-11,15,18,23,27H,3-5,12-14,16-17H2,1-2H3,(H,31,32). The highest BCUT2D eigenvalue weighted by atomic mass is 16.4. The molecule has 1 fully saturated rings. The Bertz CT molecular complexity index is 967. The van der Waals surface area contributed by atoms with Gasteiger partial charge in [0.1, 0.15) is 0 Å². The number of nitrogens with zero attached hydrogens (tertiary/aromatic N) is 2. The van der Waals surface area contributed by atoms with E-state index in [1.54, 1.807) is 6.92 Å². The third-order valence-electron chi connectivity index (χ3n) is 6.77. The predicted molar refractivity (Wildman–Crippen MR) is 127 cm³/mol. The van der Waals surface area contributed by atoms with Gasteiger partial charge in [0, 0.05) is 37.7 Å². The molecule has 2 heterocycles. The van der Waals surface area contributed by atoms with Gasteiger partial charge in [-0.15, -0.1) is 0 Å². The number of likely N-dealkylation sites (tertiary alicyclic amines) is 1. The minimum Gasteiger partial charge on any atom is -0.465 e. The second-order valence-electron chi connectivity index (χ2n) is 9.16. The summed E-state index contributed by atoms with van der Waals surface area (Å²) in [7, 11) is 0. The zero-order chi connectivity index (χ0) is 22.7. The maximum absolute atomic E-state index is 12.3. The minimum atomic E-state index is -1.02. The number of carbonyl (C=O) groups is 2. The number of hydrogen-bond acceptors (Lipinski definition) is 3. The first-order chi connectivity index (χ1) is 15.4. The van der Waals surface area contributed by atoms with E-state index in [-0.39, 0.29) is 17.9 Å². The maximum Gasteiger partial charge on any atom is 0.404 e. The molecule has 170 valence electrons. The number of piperidine rings is 1. The second kappa shape index (κ2) is 9.74. The van der Waals surface area contributed by atoms with Crippen LogP contribution in [0.5, 0.6) is 0 Å². The zero-order valence-corrected chi connectivity index (χ0v) is 19.0. The number of carboxylic acid groups (broad SMARTS) is 1. The normalized spacial score (nSPS) is 21.1. The third kappa shape index (κ3) is 4.96. The van der Waals surface area contributed by atoms with Crippen molar-refractivity contribution in [3.63, 3.8) is 0 Å². The molecule has 0 saturated carbocycles. The molecule has 4 rings (SSSR count). The van der Waals surface area contributed by atoms with E-state index < -0.39 is 6.09 Å². The molecule has 2 aromatic carbocycles. The molecule has 32 heavy (non-hydrogen) atoms. The Hall–Kier alpha value is -2.86. The Kier molecular flexibility index (Phi) is 6.80. The van der Waals surface area contributed by atoms with Gasteiger partial charge in [-0.25, -0.2) is 4.79 Å². The monoisotopic (exact) mass is 435 g/mol. The molecule has 0 spiro atoms. The molecule has 0 radical (unpaired) electrons. The second-order valence-corrected chi connectivity index (χ2v) is 9.16. The number of anilines is 1. The Morgan fingerprint density at radius 2 is 1.72 bits per heavy atom. The summed E-state index contributed by atoms with van der Waals surface area (Å²) < 4.78 is 0. The molecule has 2 amide bonds. The fraction of sp³-hybridized carbons (Fsp3) is 0.462. The van der Waals surface area contributed by atoms with Gasteiger partial charge >= 0.3 is 6.09 Å². The first-order valence-electron chi connectivity index (χ1n) is 11.6. The number of benzene rings is 2. The Labute approximate surface area is 190 Å². The maximum atomic E-state index is 12.3. The minimum absolute atomic E-state index is 0.0122. The van der Waals surface area contributed by atoms with Crippen molar-refractivity contribution in [3.05, 3.63) is 53.6 Å².